The van der Waals surface area contributed by atoms with E-state index in [0.717, 1.165) is 0 Å². The molecule has 1 aromatic carbocycles. The van der Waals surface area contributed by atoms with Crippen molar-refractivity contribution in [2.24, 2.45) is 0 Å². The summed E-state index contributed by atoms with van der Waals surface area (Å²) in [5.74, 6) is -1.16. The van der Waals surface area contributed by atoms with E-state index in [4.69, 9.17) is 10.5 Å². The van der Waals surface area contributed by atoms with Crippen LogP contribution < -0.4 is 5.09 Å². The molecule has 1 aromatic rings. The molecule has 0 amide bonds. The second-order valence-corrected chi connectivity index (χ2v) is 4.72. The van der Waals surface area contributed by atoms with Crippen molar-refractivity contribution in [3.8, 4) is 5.75 Å². The number of hydrogen-bond donors (Lipinski definition) is 3. The fraction of sp³-hybridized carbons (Fsp3) is 0.300. The standard InChI is InChI=1S/C8H9FIN2OP.C2H6/c1-4(11)7-5(12-14-10)2-3-6(13)8(7)9;1-2/h2-3,11-14H,1H3;1-2H3. The van der Waals surface area contributed by atoms with Crippen LogP contribution >= 0.6 is 28.4 Å². The maximum absolute atomic E-state index is 13.4. The summed E-state index contributed by atoms with van der Waals surface area (Å²) in [6.45, 7) is 5.49. The van der Waals surface area contributed by atoms with Gasteiger partial charge in [-0.25, -0.2) is 4.39 Å². The van der Waals surface area contributed by atoms with Crippen LogP contribution in [0, 0.1) is 11.2 Å². The Balaban J connectivity index is 0.00000106. The Kier molecular flexibility index (Phi) is 7.58. The average molecular weight is 356 g/mol. The molecule has 90 valence electrons. The predicted octanol–water partition coefficient (Wildman–Crippen LogP) is 4.30. The molecule has 1 rings (SSSR count). The minimum absolute atomic E-state index is 0.0931. The molecule has 3 N–H and O–H groups in total. The first-order valence-corrected chi connectivity index (χ1v) is 8.88. The highest BCUT2D eigenvalue weighted by atomic mass is 127. The fourth-order valence-electron chi connectivity index (χ4n) is 1.09. The Hall–Kier alpha value is -0.420. The number of nitrogens with one attached hydrogen (secondary N) is 2. The zero-order valence-corrected chi connectivity index (χ0v) is 12.5. The first kappa shape index (κ1) is 15.6. The van der Waals surface area contributed by atoms with Crippen LogP contribution in [0.15, 0.2) is 12.1 Å². The molecule has 1 atom stereocenters. The van der Waals surface area contributed by atoms with Crippen molar-refractivity contribution in [1.82, 2.24) is 0 Å². The number of benzene rings is 1. The zero-order chi connectivity index (χ0) is 12.7. The average Bonchev–Trinajstić information content (AvgIpc) is 2.26. The smallest absolute Gasteiger partial charge is 0.175 e. The van der Waals surface area contributed by atoms with Crippen molar-refractivity contribution in [2.45, 2.75) is 20.8 Å². The van der Waals surface area contributed by atoms with Crippen LogP contribution in [0.5, 0.6) is 5.75 Å². The van der Waals surface area contributed by atoms with Crippen LogP contribution in [0.25, 0.3) is 0 Å². The van der Waals surface area contributed by atoms with Crippen molar-refractivity contribution < 1.29 is 9.50 Å². The summed E-state index contributed by atoms with van der Waals surface area (Å²) >= 11 is 2.11. The van der Waals surface area contributed by atoms with Crippen LogP contribution in [0.1, 0.15) is 26.3 Å². The lowest BCUT2D eigenvalue weighted by molar-refractivity contribution is 0.432. The van der Waals surface area contributed by atoms with Gasteiger partial charge in [-0.15, -0.1) is 0 Å². The lowest BCUT2D eigenvalue weighted by Gasteiger charge is -2.10. The van der Waals surface area contributed by atoms with E-state index in [1.807, 2.05) is 13.8 Å². The van der Waals surface area contributed by atoms with Crippen molar-refractivity contribution in [2.75, 3.05) is 5.09 Å². The Morgan fingerprint density at radius 2 is 2.06 bits per heavy atom. The van der Waals surface area contributed by atoms with Gasteiger partial charge in [0.05, 0.1) is 5.56 Å². The summed E-state index contributed by atoms with van der Waals surface area (Å²) in [4.78, 5) is 0. The summed E-state index contributed by atoms with van der Waals surface area (Å²) in [6.07, 6.45) is 0.393. The Morgan fingerprint density at radius 3 is 2.50 bits per heavy atom. The molecule has 0 aliphatic carbocycles. The molecule has 0 aliphatic rings. The van der Waals surface area contributed by atoms with Crippen LogP contribution in [-0.4, -0.2) is 10.8 Å². The van der Waals surface area contributed by atoms with Gasteiger partial charge in [0, 0.05) is 17.8 Å². The normalized spacial score (nSPS) is 9.81. The molecule has 0 saturated carbocycles. The SMILES string of the molecule is CC.CC(=N)c1c(NPI)ccc(O)c1F. The Morgan fingerprint density at radius 1 is 1.50 bits per heavy atom. The molecule has 3 nitrogen and oxygen atoms in total. The molecular weight excluding hydrogens is 341 g/mol. The van der Waals surface area contributed by atoms with Crippen molar-refractivity contribution in [3.63, 3.8) is 0 Å². The topological polar surface area (TPSA) is 56.1 Å². The zero-order valence-electron chi connectivity index (χ0n) is 9.36. The van der Waals surface area contributed by atoms with E-state index in [0.29, 0.717) is 12.1 Å². The number of phenols is 1. The maximum atomic E-state index is 13.4. The van der Waals surface area contributed by atoms with E-state index >= 15 is 0 Å². The van der Waals surface area contributed by atoms with E-state index in [-0.39, 0.29) is 11.3 Å². The molecule has 0 spiro atoms. The molecule has 0 saturated heterocycles. The van der Waals surface area contributed by atoms with E-state index in [2.05, 4.69) is 27.1 Å². The lowest BCUT2D eigenvalue weighted by atomic mass is 10.1. The highest BCUT2D eigenvalue weighted by molar-refractivity contribution is 14.2. The minimum Gasteiger partial charge on any atom is -0.505 e. The third kappa shape index (κ3) is 3.87. The van der Waals surface area contributed by atoms with Crippen molar-refractivity contribution in [1.29, 1.82) is 5.41 Å². The highest BCUT2D eigenvalue weighted by Gasteiger charge is 2.14. The van der Waals surface area contributed by atoms with E-state index in [1.54, 1.807) is 6.07 Å². The number of rotatable bonds is 3. The van der Waals surface area contributed by atoms with Crippen LogP contribution in [-0.2, 0) is 0 Å². The second kappa shape index (κ2) is 7.79. The van der Waals surface area contributed by atoms with E-state index in [1.165, 1.54) is 13.0 Å². The third-order valence-electron chi connectivity index (χ3n) is 1.68. The number of aromatic hydroxyl groups is 1. The predicted molar refractivity (Wildman–Crippen MR) is 77.9 cm³/mol. The molecule has 6 heteroatoms. The summed E-state index contributed by atoms with van der Waals surface area (Å²) < 4.78 is 13.4. The molecule has 0 radical (unpaired) electrons. The van der Waals surface area contributed by atoms with Gasteiger partial charge in [-0.1, -0.05) is 13.8 Å². The molecule has 0 fully saturated rings. The lowest BCUT2D eigenvalue weighted by Crippen LogP contribution is -2.01. The molecule has 0 aliphatic heterocycles. The minimum atomic E-state index is -0.739. The summed E-state index contributed by atoms with van der Waals surface area (Å²) in [5, 5.41) is 19.5. The Labute approximate surface area is 110 Å². The van der Waals surface area contributed by atoms with Gasteiger partial charge < -0.3 is 15.6 Å². The first-order valence-electron chi connectivity index (χ1n) is 4.76. The van der Waals surface area contributed by atoms with Gasteiger partial charge in [0.15, 0.2) is 11.6 Å². The van der Waals surface area contributed by atoms with Crippen molar-refractivity contribution >= 4 is 39.8 Å². The van der Waals surface area contributed by atoms with Crippen molar-refractivity contribution in [3.05, 3.63) is 23.5 Å². The number of anilines is 1. The van der Waals surface area contributed by atoms with Gasteiger partial charge in [0.1, 0.15) is 0 Å². The second-order valence-electron chi connectivity index (χ2n) is 2.67. The first-order chi connectivity index (χ1) is 7.57. The maximum Gasteiger partial charge on any atom is 0.175 e. The van der Waals surface area contributed by atoms with E-state index < -0.39 is 11.6 Å². The Bertz CT molecular complexity index is 374. The van der Waals surface area contributed by atoms with Gasteiger partial charge >= 0.3 is 0 Å². The van der Waals surface area contributed by atoms with Gasteiger partial charge in [-0.05, 0) is 41.1 Å². The van der Waals surface area contributed by atoms with Gasteiger partial charge in [-0.3, -0.25) is 0 Å². The summed E-state index contributed by atoms with van der Waals surface area (Å²) in [7, 11) is 0. The molecule has 16 heavy (non-hydrogen) atoms. The van der Waals surface area contributed by atoms with Crippen LogP contribution in [0.2, 0.25) is 0 Å². The summed E-state index contributed by atoms with van der Waals surface area (Å²) in [5.41, 5.74) is 0.769. The summed E-state index contributed by atoms with van der Waals surface area (Å²) in [6, 6.07) is 2.85. The molecule has 0 bridgehead atoms. The molecule has 0 heterocycles. The van der Waals surface area contributed by atoms with Gasteiger partial charge in [0.25, 0.3) is 0 Å². The quantitative estimate of drug-likeness (QED) is 0.327. The monoisotopic (exact) mass is 356 g/mol. The third-order valence-corrected chi connectivity index (χ3v) is 2.85. The number of phenolic OH excluding ortho intramolecular Hbond substituents is 1. The van der Waals surface area contributed by atoms with Crippen LogP contribution in [0.3, 0.4) is 0 Å². The van der Waals surface area contributed by atoms with E-state index in [9.17, 15) is 4.39 Å². The molecule has 0 aromatic heterocycles. The number of hydrogen-bond acceptors (Lipinski definition) is 3. The number of halogens is 2. The highest BCUT2D eigenvalue weighted by Crippen LogP contribution is 2.31. The fourth-order valence-corrected chi connectivity index (χ4v) is 2.27. The molecular formula is C10H15FIN2OP. The van der Waals surface area contributed by atoms with Crippen LogP contribution in [0.4, 0.5) is 10.1 Å². The largest absolute Gasteiger partial charge is 0.505 e. The van der Waals surface area contributed by atoms with Gasteiger partial charge in [-0.2, -0.15) is 0 Å². The molecule has 1 unspecified atom stereocenters. The van der Waals surface area contributed by atoms with Gasteiger partial charge in [0.2, 0.25) is 0 Å².